The molecule has 1 aliphatic heterocycles. The van der Waals surface area contributed by atoms with E-state index in [0.717, 1.165) is 11.3 Å². The van der Waals surface area contributed by atoms with Crippen LogP contribution in [0.3, 0.4) is 0 Å². The second kappa shape index (κ2) is 12.4. The zero-order chi connectivity index (χ0) is 28.3. The Morgan fingerprint density at radius 2 is 1.82 bits per heavy atom. The van der Waals surface area contributed by atoms with E-state index in [1.165, 1.54) is 4.31 Å². The number of carbonyl (C=O) groups is 2. The van der Waals surface area contributed by atoms with Gasteiger partial charge >= 0.3 is 11.9 Å². The Labute approximate surface area is 247 Å². The number of carboxylic acids is 2. The highest BCUT2D eigenvalue weighted by atomic mass is 79.9. The summed E-state index contributed by atoms with van der Waals surface area (Å²) in [6.45, 7) is 0.580. The van der Waals surface area contributed by atoms with Gasteiger partial charge in [-0.05, 0) is 71.2 Å². The third-order valence-corrected chi connectivity index (χ3v) is 10.9. The molecule has 4 rings (SSSR count). The molecule has 2 aromatic carbocycles. The molecule has 1 aliphatic rings. The Morgan fingerprint density at radius 3 is 2.49 bits per heavy atom. The summed E-state index contributed by atoms with van der Waals surface area (Å²) >= 11 is 16.7. The molecular weight excluding hydrogens is 655 g/mol. The van der Waals surface area contributed by atoms with Crippen molar-refractivity contribution in [2.24, 2.45) is 0 Å². The lowest BCUT2D eigenvalue weighted by molar-refractivity contribution is -0.139. The van der Waals surface area contributed by atoms with E-state index in [9.17, 15) is 23.1 Å². The first-order valence-corrected chi connectivity index (χ1v) is 15.6. The van der Waals surface area contributed by atoms with Gasteiger partial charge in [0.25, 0.3) is 0 Å². The zero-order valence-electron chi connectivity index (χ0n) is 20.2. The van der Waals surface area contributed by atoms with Crippen molar-refractivity contribution in [2.45, 2.75) is 24.6 Å². The molecule has 1 aromatic heterocycles. The number of nitrogens with one attached hydrogen (secondary N) is 1. The van der Waals surface area contributed by atoms with Gasteiger partial charge < -0.3 is 20.3 Å². The number of hydrogen-bond donors (Lipinski definition) is 3. The van der Waals surface area contributed by atoms with E-state index in [2.05, 4.69) is 21.2 Å². The fourth-order valence-electron chi connectivity index (χ4n) is 4.34. The number of hydrogen-bond acceptors (Lipinski definition) is 7. The summed E-state index contributed by atoms with van der Waals surface area (Å²) in [6, 6.07) is 11.3. The predicted octanol–water partition coefficient (Wildman–Crippen LogP) is 5.73. The Balaban J connectivity index is 1.78. The van der Waals surface area contributed by atoms with Crippen LogP contribution in [0, 0.1) is 0 Å². The molecule has 208 valence electrons. The first kappa shape index (κ1) is 29.6. The molecule has 3 N–H and O–H groups in total. The van der Waals surface area contributed by atoms with E-state index < -0.39 is 28.6 Å². The lowest BCUT2D eigenvalue weighted by Gasteiger charge is -2.35. The predicted molar refractivity (Wildman–Crippen MR) is 155 cm³/mol. The van der Waals surface area contributed by atoms with Gasteiger partial charge in [-0.3, -0.25) is 4.31 Å². The highest BCUT2D eigenvalue weighted by Crippen LogP contribution is 2.46. The van der Waals surface area contributed by atoms with Crippen LogP contribution >= 0.6 is 50.5 Å². The molecular formula is C25H23BrCl2N2O7S2. The van der Waals surface area contributed by atoms with Crippen LogP contribution in [0.5, 0.6) is 5.75 Å². The number of aromatic carboxylic acids is 1. The average Bonchev–Trinajstić information content (AvgIpc) is 3.22. The number of ether oxygens (including phenoxy) is 1. The fourth-order valence-corrected chi connectivity index (χ4v) is 8.56. The van der Waals surface area contributed by atoms with Crippen LogP contribution in [-0.2, 0) is 20.6 Å². The first-order valence-electron chi connectivity index (χ1n) is 11.7. The van der Waals surface area contributed by atoms with Crippen molar-refractivity contribution in [3.8, 4) is 16.2 Å². The number of piperidine rings is 1. The summed E-state index contributed by atoms with van der Waals surface area (Å²) in [4.78, 5) is 23.1. The van der Waals surface area contributed by atoms with Gasteiger partial charge in [0, 0.05) is 6.04 Å². The minimum absolute atomic E-state index is 0.103. The molecule has 0 radical (unpaired) electrons. The Kier molecular flexibility index (Phi) is 9.45. The number of nitrogens with zero attached hydrogens (tertiary/aromatic N) is 1. The van der Waals surface area contributed by atoms with Crippen LogP contribution < -0.4 is 14.4 Å². The molecule has 0 spiro atoms. The smallest absolute Gasteiger partial charge is 0.349 e. The molecule has 0 amide bonds. The molecule has 1 saturated heterocycles. The van der Waals surface area contributed by atoms with Gasteiger partial charge in [-0.1, -0.05) is 47.5 Å². The number of halogens is 3. The Hall–Kier alpha value is -2.35. The van der Waals surface area contributed by atoms with Crippen molar-refractivity contribution in [3.63, 3.8) is 0 Å². The van der Waals surface area contributed by atoms with E-state index in [1.54, 1.807) is 42.5 Å². The van der Waals surface area contributed by atoms with E-state index in [4.69, 9.17) is 33.0 Å². The molecule has 0 unspecified atom stereocenters. The van der Waals surface area contributed by atoms with Crippen molar-refractivity contribution in [1.82, 2.24) is 5.32 Å². The van der Waals surface area contributed by atoms with Crippen molar-refractivity contribution in [2.75, 3.05) is 24.0 Å². The molecule has 0 saturated carbocycles. The molecule has 39 heavy (non-hydrogen) atoms. The molecule has 1 fully saturated rings. The standard InChI is InChI=1S/C25H23BrCl2N2O7S2/c26-20-22(37-12-19(31)32)24(25(33)34)38-23(20)14-3-1-5-17(11-14)30(16-7-9-29-10-8-16)39(35,36)13-15-4-2-6-18(27)21(15)28/h1-6,11,16,29H,7-10,12-13H2,(H,31,32)(H,33,34). The third-order valence-electron chi connectivity index (χ3n) is 6.02. The van der Waals surface area contributed by atoms with E-state index in [0.29, 0.717) is 47.6 Å². The quantitative estimate of drug-likeness (QED) is 0.248. The third kappa shape index (κ3) is 6.69. The normalized spacial score (nSPS) is 14.2. The molecule has 0 aliphatic carbocycles. The fraction of sp³-hybridized carbons (Fsp3) is 0.280. The largest absolute Gasteiger partial charge is 0.479 e. The maximum Gasteiger partial charge on any atom is 0.349 e. The highest BCUT2D eigenvalue weighted by Gasteiger charge is 2.33. The van der Waals surface area contributed by atoms with Gasteiger partial charge in [-0.15, -0.1) is 11.3 Å². The van der Waals surface area contributed by atoms with E-state index >= 15 is 0 Å². The average molecular weight is 678 g/mol. The van der Waals surface area contributed by atoms with Gasteiger partial charge in [0.2, 0.25) is 10.0 Å². The van der Waals surface area contributed by atoms with Gasteiger partial charge in [0.05, 0.1) is 30.8 Å². The Bertz CT molecular complexity index is 1510. The van der Waals surface area contributed by atoms with Crippen molar-refractivity contribution in [1.29, 1.82) is 0 Å². The van der Waals surface area contributed by atoms with Gasteiger partial charge in [-0.2, -0.15) is 0 Å². The number of benzene rings is 2. The van der Waals surface area contributed by atoms with Crippen LogP contribution in [0.25, 0.3) is 10.4 Å². The van der Waals surface area contributed by atoms with E-state index in [-0.39, 0.29) is 36.9 Å². The van der Waals surface area contributed by atoms with Crippen LogP contribution in [0.15, 0.2) is 46.9 Å². The maximum absolute atomic E-state index is 13.9. The van der Waals surface area contributed by atoms with E-state index in [1.807, 2.05) is 0 Å². The number of aliphatic carboxylic acids is 1. The summed E-state index contributed by atoms with van der Waals surface area (Å²) in [5.41, 5.74) is 1.32. The van der Waals surface area contributed by atoms with Crippen molar-refractivity contribution >= 4 is 78.1 Å². The number of sulfonamides is 1. The monoisotopic (exact) mass is 676 g/mol. The van der Waals surface area contributed by atoms with Crippen LogP contribution in [-0.4, -0.2) is 56.3 Å². The molecule has 0 atom stereocenters. The lowest BCUT2D eigenvalue weighted by atomic mass is 10.1. The molecule has 14 heteroatoms. The number of anilines is 1. The zero-order valence-corrected chi connectivity index (χ0v) is 24.9. The second-order valence-corrected chi connectivity index (χ2v) is 13.1. The summed E-state index contributed by atoms with van der Waals surface area (Å²) in [5, 5.41) is 22.3. The summed E-state index contributed by atoms with van der Waals surface area (Å²) < 4.78 is 34.8. The van der Waals surface area contributed by atoms with Crippen molar-refractivity contribution < 1.29 is 33.0 Å². The van der Waals surface area contributed by atoms with Crippen LogP contribution in [0.2, 0.25) is 10.0 Å². The molecule has 3 aromatic rings. The van der Waals surface area contributed by atoms with Crippen LogP contribution in [0.1, 0.15) is 28.1 Å². The lowest BCUT2D eigenvalue weighted by Crippen LogP contribution is -2.46. The maximum atomic E-state index is 13.9. The summed E-state index contributed by atoms with van der Waals surface area (Å²) in [5.74, 6) is -3.00. The Morgan fingerprint density at radius 1 is 1.13 bits per heavy atom. The summed E-state index contributed by atoms with van der Waals surface area (Å²) in [6.07, 6.45) is 1.18. The highest BCUT2D eigenvalue weighted by molar-refractivity contribution is 9.10. The number of thiophene rings is 1. The number of rotatable bonds is 10. The topological polar surface area (TPSA) is 133 Å². The minimum atomic E-state index is -3.94. The van der Waals surface area contributed by atoms with Gasteiger partial charge in [0.1, 0.15) is 0 Å². The SMILES string of the molecule is O=C(O)COc1c(C(=O)O)sc(-c2cccc(N(C3CCNCC3)S(=O)(=O)Cc3cccc(Cl)c3Cl)c2)c1Br. The first-order chi connectivity index (χ1) is 18.5. The summed E-state index contributed by atoms with van der Waals surface area (Å²) in [7, 11) is -3.94. The molecule has 0 bridgehead atoms. The molecule has 9 nitrogen and oxygen atoms in total. The van der Waals surface area contributed by atoms with Gasteiger partial charge in [0.15, 0.2) is 17.2 Å². The van der Waals surface area contributed by atoms with Gasteiger partial charge in [-0.25, -0.2) is 18.0 Å². The number of carboxylic acid groups (broad SMARTS) is 2. The van der Waals surface area contributed by atoms with Crippen molar-refractivity contribution in [3.05, 3.63) is 67.4 Å². The second-order valence-electron chi connectivity index (χ2n) is 8.69. The minimum Gasteiger partial charge on any atom is -0.479 e. The molecule has 2 heterocycles. The van der Waals surface area contributed by atoms with Crippen LogP contribution in [0.4, 0.5) is 5.69 Å².